The Labute approximate surface area is 111 Å². The van der Waals surface area contributed by atoms with E-state index in [9.17, 15) is 0 Å². The van der Waals surface area contributed by atoms with Crippen LogP contribution in [0.5, 0.6) is 0 Å². The molecule has 2 heterocycles. The molecule has 0 saturated carbocycles. The lowest BCUT2D eigenvalue weighted by Crippen LogP contribution is -2.06. The average molecular weight is 263 g/mol. The summed E-state index contributed by atoms with van der Waals surface area (Å²) in [6, 6.07) is 4.03. The lowest BCUT2D eigenvalue weighted by molar-refractivity contribution is 0.967. The smallest absolute Gasteiger partial charge is 0.155 e. The first-order chi connectivity index (χ1) is 8.58. The molecule has 0 bridgehead atoms. The second kappa shape index (κ2) is 5.31. The molecule has 0 atom stereocenters. The summed E-state index contributed by atoms with van der Waals surface area (Å²) in [7, 11) is 0. The molecule has 0 fully saturated rings. The number of rotatable bonds is 3. The number of hydrogen-bond donors (Lipinski definition) is 1. The topological polar surface area (TPSA) is 50.7 Å². The minimum Gasteiger partial charge on any atom is -0.364 e. The molecule has 0 spiro atoms. The van der Waals surface area contributed by atoms with Crippen LogP contribution in [0.1, 0.15) is 22.4 Å². The molecule has 94 valence electrons. The quantitative estimate of drug-likeness (QED) is 0.924. The van der Waals surface area contributed by atoms with E-state index in [1.54, 1.807) is 0 Å². The van der Waals surface area contributed by atoms with E-state index in [-0.39, 0.29) is 0 Å². The Morgan fingerprint density at radius 3 is 2.56 bits per heavy atom. The first-order valence-corrected chi connectivity index (χ1v) is 6.10. The zero-order valence-corrected chi connectivity index (χ0v) is 11.4. The van der Waals surface area contributed by atoms with Gasteiger partial charge in [-0.1, -0.05) is 17.7 Å². The third-order valence-electron chi connectivity index (χ3n) is 2.90. The Kier molecular flexibility index (Phi) is 3.77. The Morgan fingerprint density at radius 2 is 1.89 bits per heavy atom. The molecule has 0 saturated heterocycles. The van der Waals surface area contributed by atoms with Crippen molar-refractivity contribution in [2.24, 2.45) is 0 Å². The van der Waals surface area contributed by atoms with E-state index >= 15 is 0 Å². The van der Waals surface area contributed by atoms with Gasteiger partial charge in [-0.05, 0) is 43.5 Å². The van der Waals surface area contributed by atoms with Gasteiger partial charge in [-0.2, -0.15) is 0 Å². The van der Waals surface area contributed by atoms with Crippen molar-refractivity contribution < 1.29 is 0 Å². The van der Waals surface area contributed by atoms with Crippen molar-refractivity contribution in [2.45, 2.75) is 27.3 Å². The van der Waals surface area contributed by atoms with Crippen molar-refractivity contribution in [1.82, 2.24) is 15.2 Å². The van der Waals surface area contributed by atoms with Crippen molar-refractivity contribution >= 4 is 17.4 Å². The molecule has 0 unspecified atom stereocenters. The molecule has 2 aromatic heterocycles. The standard InChI is InChI=1S/C13H15ClN4/c1-8-4-5-11(6-15-8)7-16-13-10(3)9(2)12(14)17-18-13/h4-6H,7H2,1-3H3,(H,16,18). The fourth-order valence-electron chi connectivity index (χ4n) is 1.53. The Bertz CT molecular complexity index is 552. The van der Waals surface area contributed by atoms with E-state index in [1.807, 2.05) is 39.1 Å². The molecule has 0 aliphatic rings. The Balaban J connectivity index is 2.11. The summed E-state index contributed by atoms with van der Waals surface area (Å²) in [6.07, 6.45) is 1.86. The van der Waals surface area contributed by atoms with Crippen LogP contribution in [0.15, 0.2) is 18.3 Å². The van der Waals surface area contributed by atoms with Gasteiger partial charge >= 0.3 is 0 Å². The van der Waals surface area contributed by atoms with Gasteiger partial charge in [0.2, 0.25) is 0 Å². The first-order valence-electron chi connectivity index (χ1n) is 5.72. The number of nitrogens with zero attached hydrogens (tertiary/aromatic N) is 3. The molecule has 0 aliphatic carbocycles. The van der Waals surface area contributed by atoms with E-state index in [0.717, 1.165) is 28.2 Å². The van der Waals surface area contributed by atoms with Crippen molar-refractivity contribution in [3.05, 3.63) is 45.9 Å². The predicted octanol–water partition coefficient (Wildman–Crippen LogP) is 3.06. The van der Waals surface area contributed by atoms with Crippen LogP contribution in [0.4, 0.5) is 5.82 Å². The third kappa shape index (κ3) is 2.76. The number of pyridine rings is 1. The number of nitrogens with one attached hydrogen (secondary N) is 1. The highest BCUT2D eigenvalue weighted by atomic mass is 35.5. The van der Waals surface area contributed by atoms with Crippen LogP contribution < -0.4 is 5.32 Å². The van der Waals surface area contributed by atoms with Crippen LogP contribution in [0, 0.1) is 20.8 Å². The fraction of sp³-hybridized carbons (Fsp3) is 0.308. The molecule has 0 aromatic carbocycles. The number of hydrogen-bond acceptors (Lipinski definition) is 4. The monoisotopic (exact) mass is 262 g/mol. The second-order valence-corrected chi connectivity index (χ2v) is 4.61. The highest BCUT2D eigenvalue weighted by Gasteiger charge is 2.07. The van der Waals surface area contributed by atoms with Crippen LogP contribution >= 0.6 is 11.6 Å². The van der Waals surface area contributed by atoms with E-state index in [1.165, 1.54) is 0 Å². The van der Waals surface area contributed by atoms with Crippen LogP contribution in [0.2, 0.25) is 5.15 Å². The van der Waals surface area contributed by atoms with Gasteiger partial charge in [0.1, 0.15) is 0 Å². The highest BCUT2D eigenvalue weighted by Crippen LogP contribution is 2.20. The molecule has 1 N–H and O–H groups in total. The first kappa shape index (κ1) is 12.8. The number of halogens is 1. The molecule has 2 aromatic rings. The van der Waals surface area contributed by atoms with Crippen molar-refractivity contribution in [3.63, 3.8) is 0 Å². The van der Waals surface area contributed by atoms with E-state index in [0.29, 0.717) is 11.7 Å². The van der Waals surface area contributed by atoms with Crippen LogP contribution in [0.25, 0.3) is 0 Å². The maximum atomic E-state index is 5.91. The number of anilines is 1. The lowest BCUT2D eigenvalue weighted by atomic mass is 10.2. The molecule has 0 radical (unpaired) electrons. The summed E-state index contributed by atoms with van der Waals surface area (Å²) in [5.74, 6) is 0.762. The molecule has 4 nitrogen and oxygen atoms in total. The van der Waals surface area contributed by atoms with Crippen molar-refractivity contribution in [3.8, 4) is 0 Å². The normalized spacial score (nSPS) is 10.4. The van der Waals surface area contributed by atoms with E-state index in [2.05, 4.69) is 20.5 Å². The van der Waals surface area contributed by atoms with Gasteiger partial charge in [0.05, 0.1) is 0 Å². The van der Waals surface area contributed by atoms with Gasteiger partial charge in [-0.15, -0.1) is 10.2 Å². The van der Waals surface area contributed by atoms with E-state index in [4.69, 9.17) is 11.6 Å². The summed E-state index contributed by atoms with van der Waals surface area (Å²) in [5, 5.41) is 11.7. The molecular weight excluding hydrogens is 248 g/mol. The maximum Gasteiger partial charge on any atom is 0.155 e. The summed E-state index contributed by atoms with van der Waals surface area (Å²) < 4.78 is 0. The summed E-state index contributed by atoms with van der Waals surface area (Å²) >= 11 is 5.91. The SMILES string of the molecule is Cc1ccc(CNc2nnc(Cl)c(C)c2C)cn1. The molecule has 0 amide bonds. The van der Waals surface area contributed by atoms with Crippen molar-refractivity contribution in [1.29, 1.82) is 0 Å². The zero-order chi connectivity index (χ0) is 13.1. The van der Waals surface area contributed by atoms with Gasteiger partial charge in [0.15, 0.2) is 11.0 Å². The van der Waals surface area contributed by atoms with Gasteiger partial charge in [0, 0.05) is 18.4 Å². The molecular formula is C13H15ClN4. The number of aromatic nitrogens is 3. The average Bonchev–Trinajstić information content (AvgIpc) is 2.37. The second-order valence-electron chi connectivity index (χ2n) is 4.25. The summed E-state index contributed by atoms with van der Waals surface area (Å²) in [6.45, 7) is 6.55. The zero-order valence-electron chi connectivity index (χ0n) is 10.7. The predicted molar refractivity (Wildman–Crippen MR) is 72.8 cm³/mol. The Hall–Kier alpha value is -1.68. The van der Waals surface area contributed by atoms with Crippen LogP contribution in [-0.2, 0) is 6.54 Å². The lowest BCUT2D eigenvalue weighted by Gasteiger charge is -2.10. The van der Waals surface area contributed by atoms with Crippen LogP contribution in [-0.4, -0.2) is 15.2 Å². The molecule has 2 rings (SSSR count). The summed E-state index contributed by atoms with van der Waals surface area (Å²) in [4.78, 5) is 4.25. The summed E-state index contributed by atoms with van der Waals surface area (Å²) in [5.41, 5.74) is 4.10. The Morgan fingerprint density at radius 1 is 1.11 bits per heavy atom. The van der Waals surface area contributed by atoms with Gasteiger partial charge in [-0.25, -0.2) is 0 Å². The van der Waals surface area contributed by atoms with Crippen LogP contribution in [0.3, 0.4) is 0 Å². The largest absolute Gasteiger partial charge is 0.364 e. The number of aryl methyl sites for hydroxylation is 1. The van der Waals surface area contributed by atoms with Gasteiger partial charge in [-0.3, -0.25) is 4.98 Å². The molecule has 0 aliphatic heterocycles. The van der Waals surface area contributed by atoms with Crippen molar-refractivity contribution in [2.75, 3.05) is 5.32 Å². The minimum atomic E-state index is 0.454. The van der Waals surface area contributed by atoms with E-state index < -0.39 is 0 Å². The van der Waals surface area contributed by atoms with Gasteiger partial charge < -0.3 is 5.32 Å². The molecule has 5 heteroatoms. The fourth-order valence-corrected chi connectivity index (χ4v) is 1.71. The minimum absolute atomic E-state index is 0.454. The molecule has 18 heavy (non-hydrogen) atoms. The third-order valence-corrected chi connectivity index (χ3v) is 3.26. The maximum absolute atomic E-state index is 5.91. The van der Waals surface area contributed by atoms with Gasteiger partial charge in [0.25, 0.3) is 0 Å². The highest BCUT2D eigenvalue weighted by molar-refractivity contribution is 6.30.